The van der Waals surface area contributed by atoms with Gasteiger partial charge in [-0.15, -0.1) is 0 Å². The third-order valence-corrected chi connectivity index (χ3v) is 3.65. The molecule has 106 valence electrons. The summed E-state index contributed by atoms with van der Waals surface area (Å²) in [5.74, 6) is -0.240. The Bertz CT molecular complexity index is 682. The zero-order chi connectivity index (χ0) is 14.5. The van der Waals surface area contributed by atoms with Crippen LogP contribution in [0.15, 0.2) is 33.5 Å². The lowest BCUT2D eigenvalue weighted by molar-refractivity contribution is 0.0954. The van der Waals surface area contributed by atoms with Crippen molar-refractivity contribution in [3.05, 3.63) is 44.7 Å². The zero-order valence-corrected chi connectivity index (χ0v) is 12.5. The number of hydrogen-bond acceptors (Lipinski definition) is 3. The topological polar surface area (TPSA) is 88.0 Å². The number of unbranched alkanes of at least 4 members (excludes halogenated alkanes) is 1. The van der Waals surface area contributed by atoms with Gasteiger partial charge >= 0.3 is 0 Å². The summed E-state index contributed by atoms with van der Waals surface area (Å²) in [5, 5.41) is 3.53. The van der Waals surface area contributed by atoms with E-state index in [1.165, 1.54) is 6.07 Å². The van der Waals surface area contributed by atoms with Gasteiger partial charge in [-0.05, 0) is 41.4 Å². The van der Waals surface area contributed by atoms with E-state index in [0.29, 0.717) is 24.2 Å². The van der Waals surface area contributed by atoms with Gasteiger partial charge in [0.25, 0.3) is 5.91 Å². The van der Waals surface area contributed by atoms with Crippen molar-refractivity contribution in [1.29, 1.82) is 0 Å². The molecule has 0 fully saturated rings. The number of benzene rings is 1. The van der Waals surface area contributed by atoms with E-state index in [2.05, 4.69) is 26.2 Å². The van der Waals surface area contributed by atoms with Crippen LogP contribution in [0.3, 0.4) is 0 Å². The van der Waals surface area contributed by atoms with Crippen molar-refractivity contribution in [2.75, 3.05) is 13.1 Å². The van der Waals surface area contributed by atoms with Crippen LogP contribution in [0.25, 0.3) is 10.9 Å². The number of para-hydroxylation sites is 1. The van der Waals surface area contributed by atoms with Crippen molar-refractivity contribution in [1.82, 2.24) is 10.3 Å². The van der Waals surface area contributed by atoms with Crippen molar-refractivity contribution in [2.24, 2.45) is 5.73 Å². The van der Waals surface area contributed by atoms with E-state index in [1.807, 2.05) is 18.2 Å². The van der Waals surface area contributed by atoms with Gasteiger partial charge in [0, 0.05) is 22.5 Å². The van der Waals surface area contributed by atoms with Gasteiger partial charge in [-0.3, -0.25) is 9.59 Å². The molecule has 20 heavy (non-hydrogen) atoms. The summed E-state index contributed by atoms with van der Waals surface area (Å²) in [6.45, 7) is 1.16. The average Bonchev–Trinajstić information content (AvgIpc) is 2.43. The summed E-state index contributed by atoms with van der Waals surface area (Å²) in [7, 11) is 0. The van der Waals surface area contributed by atoms with Crippen LogP contribution in [0.4, 0.5) is 0 Å². The van der Waals surface area contributed by atoms with E-state index >= 15 is 0 Å². The molecule has 0 bridgehead atoms. The maximum absolute atomic E-state index is 12.2. The van der Waals surface area contributed by atoms with Crippen LogP contribution < -0.4 is 16.6 Å². The molecule has 1 aromatic carbocycles. The lowest BCUT2D eigenvalue weighted by Gasteiger charge is -2.08. The highest BCUT2D eigenvalue weighted by molar-refractivity contribution is 9.10. The quantitative estimate of drug-likeness (QED) is 0.726. The fourth-order valence-electron chi connectivity index (χ4n) is 2.00. The summed E-state index contributed by atoms with van der Waals surface area (Å²) in [4.78, 5) is 26.6. The number of pyridine rings is 1. The number of aromatic nitrogens is 1. The Hall–Kier alpha value is -1.66. The Labute approximate surface area is 124 Å². The summed E-state index contributed by atoms with van der Waals surface area (Å²) < 4.78 is 0.755. The fourth-order valence-corrected chi connectivity index (χ4v) is 2.46. The Morgan fingerprint density at radius 3 is 2.90 bits per heavy atom. The average molecular weight is 338 g/mol. The fraction of sp³-hybridized carbons (Fsp3) is 0.286. The first kappa shape index (κ1) is 14.7. The molecule has 0 radical (unpaired) electrons. The van der Waals surface area contributed by atoms with Crippen LogP contribution in [0.2, 0.25) is 0 Å². The Balaban J connectivity index is 2.31. The summed E-state index contributed by atoms with van der Waals surface area (Å²) in [6, 6.07) is 6.79. The molecule has 0 aliphatic heterocycles. The van der Waals surface area contributed by atoms with Crippen LogP contribution in [-0.2, 0) is 0 Å². The van der Waals surface area contributed by atoms with Gasteiger partial charge in [0.1, 0.15) is 0 Å². The van der Waals surface area contributed by atoms with Crippen molar-refractivity contribution in [3.63, 3.8) is 0 Å². The zero-order valence-electron chi connectivity index (χ0n) is 10.9. The van der Waals surface area contributed by atoms with E-state index in [4.69, 9.17) is 5.73 Å². The van der Waals surface area contributed by atoms with Crippen LogP contribution in [0, 0.1) is 0 Å². The summed E-state index contributed by atoms with van der Waals surface area (Å²) >= 11 is 3.37. The second-order valence-electron chi connectivity index (χ2n) is 4.46. The minimum absolute atomic E-state index is 0.240. The molecule has 2 rings (SSSR count). The van der Waals surface area contributed by atoms with Gasteiger partial charge in [0.2, 0.25) is 5.56 Å². The standard InChI is InChI=1S/C14H16BrN3O2/c15-11-5-3-4-9-10(8-12(19)18-13(9)11)14(20)17-7-2-1-6-16/h3-5,8H,1-2,6-7,16H2,(H,17,20)(H,18,19). The second-order valence-corrected chi connectivity index (χ2v) is 5.32. The molecule has 0 saturated carbocycles. The SMILES string of the molecule is NCCCCNC(=O)c1cc(=O)[nH]c2c(Br)cccc12. The highest BCUT2D eigenvalue weighted by Crippen LogP contribution is 2.23. The van der Waals surface area contributed by atoms with Gasteiger partial charge in [0.05, 0.1) is 11.1 Å². The number of hydrogen-bond donors (Lipinski definition) is 3. The molecule has 4 N–H and O–H groups in total. The first-order chi connectivity index (χ1) is 9.63. The van der Waals surface area contributed by atoms with Gasteiger partial charge in [-0.25, -0.2) is 0 Å². The third-order valence-electron chi connectivity index (χ3n) is 2.99. The van der Waals surface area contributed by atoms with Crippen molar-refractivity contribution in [2.45, 2.75) is 12.8 Å². The number of fused-ring (bicyclic) bond motifs is 1. The van der Waals surface area contributed by atoms with Crippen LogP contribution in [0.1, 0.15) is 23.2 Å². The third kappa shape index (κ3) is 3.26. The van der Waals surface area contributed by atoms with E-state index in [0.717, 1.165) is 22.7 Å². The number of H-pyrrole nitrogens is 1. The van der Waals surface area contributed by atoms with Crippen LogP contribution in [-0.4, -0.2) is 24.0 Å². The smallest absolute Gasteiger partial charge is 0.252 e. The lowest BCUT2D eigenvalue weighted by atomic mass is 10.1. The molecule has 1 amide bonds. The largest absolute Gasteiger partial charge is 0.352 e. The Morgan fingerprint density at radius 1 is 1.35 bits per heavy atom. The minimum Gasteiger partial charge on any atom is -0.352 e. The number of aromatic amines is 1. The summed E-state index contributed by atoms with van der Waals surface area (Å²) in [6.07, 6.45) is 1.69. The number of halogens is 1. The molecule has 0 spiro atoms. The lowest BCUT2D eigenvalue weighted by Crippen LogP contribution is -2.26. The normalized spacial score (nSPS) is 10.7. The number of rotatable bonds is 5. The predicted octanol–water partition coefficient (Wildman–Crippen LogP) is 1.76. The molecule has 6 heteroatoms. The molecule has 0 aliphatic carbocycles. The maximum atomic E-state index is 12.2. The molecule has 0 unspecified atom stereocenters. The first-order valence-corrected chi connectivity index (χ1v) is 7.22. The Morgan fingerprint density at radius 2 is 2.15 bits per heavy atom. The molecule has 5 nitrogen and oxygen atoms in total. The molecular weight excluding hydrogens is 322 g/mol. The van der Waals surface area contributed by atoms with Crippen molar-refractivity contribution < 1.29 is 4.79 Å². The minimum atomic E-state index is -0.295. The van der Waals surface area contributed by atoms with Crippen molar-refractivity contribution in [3.8, 4) is 0 Å². The Kier molecular flexibility index (Phi) is 4.92. The van der Waals surface area contributed by atoms with E-state index < -0.39 is 0 Å². The van der Waals surface area contributed by atoms with Gasteiger partial charge in [0.15, 0.2) is 0 Å². The highest BCUT2D eigenvalue weighted by Gasteiger charge is 2.12. The van der Waals surface area contributed by atoms with Gasteiger partial charge in [-0.2, -0.15) is 0 Å². The predicted molar refractivity (Wildman–Crippen MR) is 82.9 cm³/mol. The van der Waals surface area contributed by atoms with Crippen molar-refractivity contribution >= 4 is 32.7 Å². The molecule has 1 aromatic heterocycles. The second kappa shape index (κ2) is 6.67. The molecular formula is C14H16BrN3O2. The number of carbonyl (C=O) groups is 1. The molecule has 2 aromatic rings. The highest BCUT2D eigenvalue weighted by atomic mass is 79.9. The number of amides is 1. The molecule has 1 heterocycles. The number of nitrogens with one attached hydrogen (secondary N) is 2. The summed E-state index contributed by atoms with van der Waals surface area (Å²) in [5.41, 5.74) is 6.13. The first-order valence-electron chi connectivity index (χ1n) is 6.43. The molecule has 0 aliphatic rings. The maximum Gasteiger partial charge on any atom is 0.252 e. The van der Waals surface area contributed by atoms with Gasteiger partial charge < -0.3 is 16.0 Å². The van der Waals surface area contributed by atoms with E-state index in [-0.39, 0.29) is 11.5 Å². The number of carbonyl (C=O) groups excluding carboxylic acids is 1. The monoisotopic (exact) mass is 337 g/mol. The van der Waals surface area contributed by atoms with Crippen LogP contribution >= 0.6 is 15.9 Å². The van der Waals surface area contributed by atoms with Crippen LogP contribution in [0.5, 0.6) is 0 Å². The van der Waals surface area contributed by atoms with Gasteiger partial charge in [-0.1, -0.05) is 12.1 Å². The molecule has 0 saturated heterocycles. The van der Waals surface area contributed by atoms with E-state index in [1.54, 1.807) is 0 Å². The molecule has 0 atom stereocenters. The number of nitrogens with two attached hydrogens (primary N) is 1. The van der Waals surface area contributed by atoms with E-state index in [9.17, 15) is 9.59 Å².